The Labute approximate surface area is 72.3 Å². The van der Waals surface area contributed by atoms with Gasteiger partial charge in [-0.1, -0.05) is 17.3 Å². The van der Waals surface area contributed by atoms with Gasteiger partial charge in [0.2, 0.25) is 0 Å². The lowest BCUT2D eigenvalue weighted by Gasteiger charge is -2.40. The zero-order valence-electron chi connectivity index (χ0n) is 7.23. The molecular formula is C10H13NO. The zero-order chi connectivity index (χ0) is 8.18. The monoisotopic (exact) mass is 163 g/mol. The van der Waals surface area contributed by atoms with Gasteiger partial charge >= 0.3 is 0 Å². The van der Waals surface area contributed by atoms with E-state index in [1.165, 1.54) is 12.8 Å². The molecule has 2 unspecified atom stereocenters. The number of hydrogen-bond acceptors (Lipinski definition) is 2. The van der Waals surface area contributed by atoms with Gasteiger partial charge in [-0.25, -0.2) is 0 Å². The van der Waals surface area contributed by atoms with E-state index in [0.717, 1.165) is 11.8 Å². The molecule has 0 saturated heterocycles. The first-order valence-electron chi connectivity index (χ1n) is 4.63. The predicted molar refractivity (Wildman–Crippen MR) is 46.8 cm³/mol. The molecule has 3 aliphatic carbocycles. The van der Waals surface area contributed by atoms with Crippen molar-refractivity contribution in [2.75, 3.05) is 7.11 Å². The third-order valence-corrected chi connectivity index (χ3v) is 3.91. The van der Waals surface area contributed by atoms with Crippen LogP contribution in [-0.4, -0.2) is 13.3 Å². The first-order chi connectivity index (χ1) is 5.88. The van der Waals surface area contributed by atoms with E-state index in [1.807, 2.05) is 6.21 Å². The van der Waals surface area contributed by atoms with Crippen molar-refractivity contribution in [1.82, 2.24) is 0 Å². The second-order valence-corrected chi connectivity index (χ2v) is 4.19. The molecule has 0 bridgehead atoms. The summed E-state index contributed by atoms with van der Waals surface area (Å²) in [4.78, 5) is 4.71. The average Bonchev–Trinajstić information content (AvgIpc) is 2.74. The fourth-order valence-electron chi connectivity index (χ4n) is 3.11. The first-order valence-corrected chi connectivity index (χ1v) is 4.63. The summed E-state index contributed by atoms with van der Waals surface area (Å²) in [5.41, 5.74) is 0.627. The molecule has 1 spiro atoms. The maximum absolute atomic E-state index is 4.71. The normalized spacial score (nSPS) is 53.2. The van der Waals surface area contributed by atoms with Gasteiger partial charge in [0.15, 0.2) is 0 Å². The van der Waals surface area contributed by atoms with Crippen LogP contribution >= 0.6 is 0 Å². The Balaban J connectivity index is 1.76. The van der Waals surface area contributed by atoms with Crippen LogP contribution < -0.4 is 0 Å². The summed E-state index contributed by atoms with van der Waals surface area (Å²) in [5, 5.41) is 3.87. The molecule has 0 amide bonds. The molecule has 0 aromatic carbocycles. The van der Waals surface area contributed by atoms with Crippen molar-refractivity contribution in [3.8, 4) is 0 Å². The van der Waals surface area contributed by atoms with Crippen LogP contribution in [0, 0.1) is 23.2 Å². The van der Waals surface area contributed by atoms with Gasteiger partial charge in [0.25, 0.3) is 0 Å². The van der Waals surface area contributed by atoms with Crippen molar-refractivity contribution in [3.05, 3.63) is 12.2 Å². The molecule has 0 aliphatic heterocycles. The van der Waals surface area contributed by atoms with Crippen LogP contribution in [0.1, 0.15) is 12.8 Å². The third kappa shape index (κ3) is 0.563. The van der Waals surface area contributed by atoms with Gasteiger partial charge in [-0.2, -0.15) is 0 Å². The summed E-state index contributed by atoms with van der Waals surface area (Å²) < 4.78 is 0. The summed E-state index contributed by atoms with van der Waals surface area (Å²) in [6.45, 7) is 0. The van der Waals surface area contributed by atoms with Crippen LogP contribution in [0.2, 0.25) is 0 Å². The van der Waals surface area contributed by atoms with Crippen LogP contribution in [0.25, 0.3) is 0 Å². The standard InChI is InChI=1S/C10H13NO/c1-12-11-6-9-4-7-2-3-8-5-10(7,8)9/h2-3,6-9H,4-5H2,1H3/t7-,8-,9?,10?/m1/s1. The molecule has 2 saturated carbocycles. The van der Waals surface area contributed by atoms with Crippen molar-refractivity contribution in [3.63, 3.8) is 0 Å². The smallest absolute Gasteiger partial charge is 0.106 e. The summed E-state index contributed by atoms with van der Waals surface area (Å²) in [7, 11) is 1.61. The molecule has 3 rings (SSSR count). The molecule has 2 heteroatoms. The highest BCUT2D eigenvalue weighted by Gasteiger charge is 2.69. The first kappa shape index (κ1) is 6.70. The minimum atomic E-state index is 0.627. The van der Waals surface area contributed by atoms with Gasteiger partial charge in [-0.15, -0.1) is 0 Å². The number of oxime groups is 1. The van der Waals surface area contributed by atoms with Gasteiger partial charge in [0, 0.05) is 12.1 Å². The summed E-state index contributed by atoms with van der Waals surface area (Å²) >= 11 is 0. The lowest BCUT2D eigenvalue weighted by molar-refractivity contribution is 0.135. The highest BCUT2D eigenvalue weighted by atomic mass is 16.6. The Kier molecular flexibility index (Phi) is 1.07. The van der Waals surface area contributed by atoms with Gasteiger partial charge in [0.05, 0.1) is 0 Å². The molecule has 0 heterocycles. The quantitative estimate of drug-likeness (QED) is 0.346. The van der Waals surface area contributed by atoms with E-state index in [0.29, 0.717) is 11.3 Å². The van der Waals surface area contributed by atoms with E-state index in [-0.39, 0.29) is 0 Å². The Morgan fingerprint density at radius 1 is 1.50 bits per heavy atom. The molecule has 0 aromatic rings. The summed E-state index contributed by atoms with van der Waals surface area (Å²) in [6, 6.07) is 0. The van der Waals surface area contributed by atoms with Crippen molar-refractivity contribution in [2.45, 2.75) is 12.8 Å². The maximum Gasteiger partial charge on any atom is 0.106 e. The molecule has 0 aromatic heterocycles. The fraction of sp³-hybridized carbons (Fsp3) is 0.700. The van der Waals surface area contributed by atoms with E-state index in [2.05, 4.69) is 17.3 Å². The van der Waals surface area contributed by atoms with Crippen molar-refractivity contribution < 1.29 is 4.84 Å². The van der Waals surface area contributed by atoms with Crippen molar-refractivity contribution >= 4 is 6.21 Å². The van der Waals surface area contributed by atoms with Gasteiger partial charge < -0.3 is 4.84 Å². The molecule has 4 atom stereocenters. The van der Waals surface area contributed by atoms with Gasteiger partial charge in [0.1, 0.15) is 7.11 Å². The summed E-state index contributed by atoms with van der Waals surface area (Å²) in [6.07, 6.45) is 9.48. The zero-order valence-corrected chi connectivity index (χ0v) is 7.23. The van der Waals surface area contributed by atoms with Crippen LogP contribution in [0.5, 0.6) is 0 Å². The predicted octanol–water partition coefficient (Wildman–Crippen LogP) is 1.83. The Hall–Kier alpha value is -0.790. The topological polar surface area (TPSA) is 21.6 Å². The van der Waals surface area contributed by atoms with E-state index in [1.54, 1.807) is 7.11 Å². The highest BCUT2D eigenvalue weighted by Crippen LogP contribution is 2.75. The summed E-state index contributed by atoms with van der Waals surface area (Å²) in [5.74, 6) is 2.45. The van der Waals surface area contributed by atoms with Crippen LogP contribution in [0.3, 0.4) is 0 Å². The molecule has 0 radical (unpaired) electrons. The number of nitrogens with zero attached hydrogens (tertiary/aromatic N) is 1. The van der Waals surface area contributed by atoms with E-state index < -0.39 is 0 Å². The average molecular weight is 163 g/mol. The molecule has 2 fully saturated rings. The minimum Gasteiger partial charge on any atom is -0.399 e. The van der Waals surface area contributed by atoms with Crippen LogP contribution in [-0.2, 0) is 4.84 Å². The van der Waals surface area contributed by atoms with Gasteiger partial charge in [-0.3, -0.25) is 0 Å². The number of hydrogen-bond donors (Lipinski definition) is 0. The Morgan fingerprint density at radius 2 is 2.33 bits per heavy atom. The lowest BCUT2D eigenvalue weighted by atomic mass is 9.63. The highest BCUT2D eigenvalue weighted by molar-refractivity contribution is 5.66. The molecule has 64 valence electrons. The SMILES string of the molecule is CON=CC1C[C@H]2C=C[C@@H]3CC123. The number of rotatable bonds is 2. The Morgan fingerprint density at radius 3 is 3.00 bits per heavy atom. The third-order valence-electron chi connectivity index (χ3n) is 3.91. The van der Waals surface area contributed by atoms with E-state index in [9.17, 15) is 0 Å². The van der Waals surface area contributed by atoms with Crippen molar-refractivity contribution in [1.29, 1.82) is 0 Å². The Bertz CT molecular complexity index is 271. The fourth-order valence-corrected chi connectivity index (χ4v) is 3.11. The van der Waals surface area contributed by atoms with E-state index in [4.69, 9.17) is 4.84 Å². The molecule has 3 aliphatic rings. The molecule has 2 nitrogen and oxygen atoms in total. The molecule has 0 N–H and O–H groups in total. The number of allylic oxidation sites excluding steroid dienone is 2. The van der Waals surface area contributed by atoms with Crippen LogP contribution in [0.15, 0.2) is 17.3 Å². The second-order valence-electron chi connectivity index (χ2n) is 4.19. The largest absolute Gasteiger partial charge is 0.399 e. The lowest BCUT2D eigenvalue weighted by Crippen LogP contribution is -2.38. The van der Waals surface area contributed by atoms with Gasteiger partial charge in [-0.05, 0) is 30.1 Å². The molecular weight excluding hydrogens is 150 g/mol. The molecule has 12 heavy (non-hydrogen) atoms. The maximum atomic E-state index is 4.71. The van der Waals surface area contributed by atoms with Crippen LogP contribution in [0.4, 0.5) is 0 Å². The minimum absolute atomic E-state index is 0.627. The second kappa shape index (κ2) is 1.93. The van der Waals surface area contributed by atoms with E-state index >= 15 is 0 Å². The van der Waals surface area contributed by atoms with Crippen molar-refractivity contribution in [2.24, 2.45) is 28.3 Å².